The topological polar surface area (TPSA) is 24.5 Å². The second-order valence-corrected chi connectivity index (χ2v) is 5.77. The maximum absolute atomic E-state index is 5.67. The Morgan fingerprint density at radius 2 is 1.94 bits per heavy atom. The molecule has 18 heavy (non-hydrogen) atoms. The summed E-state index contributed by atoms with van der Waals surface area (Å²) in [4.78, 5) is 2.50. The van der Waals surface area contributed by atoms with Gasteiger partial charge in [0.2, 0.25) is 0 Å². The molecule has 0 aliphatic heterocycles. The molecule has 0 aromatic carbocycles. The molecule has 0 amide bonds. The highest BCUT2D eigenvalue weighted by molar-refractivity contribution is 4.85. The zero-order chi connectivity index (χ0) is 13.4. The molecule has 0 spiro atoms. The van der Waals surface area contributed by atoms with Crippen molar-refractivity contribution in [2.45, 2.75) is 71.1 Å². The first-order valence-corrected chi connectivity index (χ1v) is 7.70. The normalized spacial score (nSPS) is 25.7. The predicted octanol–water partition coefficient (Wildman–Crippen LogP) is 2.65. The average Bonchev–Trinajstić information content (AvgIpc) is 2.54. The number of nitrogens with zero attached hydrogens (tertiary/aromatic N) is 1. The lowest BCUT2D eigenvalue weighted by Crippen LogP contribution is -2.49. The van der Waals surface area contributed by atoms with E-state index in [1.165, 1.54) is 32.1 Å². The second-order valence-electron chi connectivity index (χ2n) is 5.77. The van der Waals surface area contributed by atoms with Gasteiger partial charge >= 0.3 is 0 Å². The lowest BCUT2D eigenvalue weighted by Gasteiger charge is -2.34. The molecule has 1 rings (SSSR count). The molecule has 1 saturated carbocycles. The number of hydrogen-bond acceptors (Lipinski definition) is 3. The van der Waals surface area contributed by atoms with Crippen molar-refractivity contribution in [1.29, 1.82) is 0 Å². The zero-order valence-corrected chi connectivity index (χ0v) is 12.7. The minimum atomic E-state index is 0.345. The van der Waals surface area contributed by atoms with Crippen LogP contribution in [0.3, 0.4) is 0 Å². The van der Waals surface area contributed by atoms with Gasteiger partial charge in [-0.1, -0.05) is 26.2 Å². The Bertz CT molecular complexity index is 209. The maximum Gasteiger partial charge on any atom is 0.0596 e. The number of likely N-dealkylation sites (N-methyl/N-ethyl adjacent to an activating group) is 2. The third-order valence-corrected chi connectivity index (χ3v) is 3.91. The van der Waals surface area contributed by atoms with Crippen LogP contribution >= 0.6 is 0 Å². The summed E-state index contributed by atoms with van der Waals surface area (Å²) >= 11 is 0. The SMILES string of the molecule is CCNC1CCCCCC1N(C)CCOC(C)C. The molecule has 1 fully saturated rings. The molecule has 0 bridgehead atoms. The third kappa shape index (κ3) is 5.68. The van der Waals surface area contributed by atoms with E-state index in [-0.39, 0.29) is 0 Å². The number of ether oxygens (including phenoxy) is 1. The Hall–Kier alpha value is -0.120. The standard InChI is InChI=1S/C15H32N2O/c1-5-16-14-9-7-6-8-10-15(14)17(4)11-12-18-13(2)3/h13-16H,5-12H2,1-4H3. The molecule has 2 atom stereocenters. The van der Waals surface area contributed by atoms with Gasteiger partial charge in [0.1, 0.15) is 0 Å². The predicted molar refractivity (Wildman–Crippen MR) is 78.1 cm³/mol. The molecule has 0 aromatic heterocycles. The van der Waals surface area contributed by atoms with Crippen LogP contribution < -0.4 is 5.32 Å². The fourth-order valence-electron chi connectivity index (χ4n) is 2.91. The van der Waals surface area contributed by atoms with Crippen LogP contribution in [0.1, 0.15) is 52.9 Å². The van der Waals surface area contributed by atoms with Crippen LogP contribution in [-0.4, -0.2) is 49.8 Å². The summed E-state index contributed by atoms with van der Waals surface area (Å²) in [5.74, 6) is 0. The summed E-state index contributed by atoms with van der Waals surface area (Å²) in [6.45, 7) is 9.40. The largest absolute Gasteiger partial charge is 0.377 e. The number of nitrogens with one attached hydrogen (secondary N) is 1. The lowest BCUT2D eigenvalue weighted by atomic mass is 10.0. The Morgan fingerprint density at radius 1 is 1.22 bits per heavy atom. The monoisotopic (exact) mass is 256 g/mol. The van der Waals surface area contributed by atoms with Crippen molar-refractivity contribution < 1.29 is 4.74 Å². The van der Waals surface area contributed by atoms with Crippen LogP contribution in [0.15, 0.2) is 0 Å². The van der Waals surface area contributed by atoms with Crippen molar-refractivity contribution >= 4 is 0 Å². The van der Waals surface area contributed by atoms with Crippen molar-refractivity contribution in [3.8, 4) is 0 Å². The zero-order valence-electron chi connectivity index (χ0n) is 12.7. The van der Waals surface area contributed by atoms with Gasteiger partial charge in [-0.2, -0.15) is 0 Å². The summed E-state index contributed by atoms with van der Waals surface area (Å²) in [5, 5.41) is 3.67. The summed E-state index contributed by atoms with van der Waals surface area (Å²) < 4.78 is 5.67. The molecular formula is C15H32N2O. The highest BCUT2D eigenvalue weighted by atomic mass is 16.5. The fraction of sp³-hybridized carbons (Fsp3) is 1.00. The fourth-order valence-corrected chi connectivity index (χ4v) is 2.91. The quantitative estimate of drug-likeness (QED) is 0.709. The number of rotatable bonds is 7. The Kier molecular flexibility index (Phi) is 7.87. The van der Waals surface area contributed by atoms with E-state index < -0.39 is 0 Å². The smallest absolute Gasteiger partial charge is 0.0596 e. The van der Waals surface area contributed by atoms with E-state index in [2.05, 4.69) is 38.0 Å². The van der Waals surface area contributed by atoms with Gasteiger partial charge < -0.3 is 10.1 Å². The first-order chi connectivity index (χ1) is 8.65. The van der Waals surface area contributed by atoms with Gasteiger partial charge in [-0.25, -0.2) is 0 Å². The van der Waals surface area contributed by atoms with E-state index >= 15 is 0 Å². The van der Waals surface area contributed by atoms with E-state index in [0.29, 0.717) is 18.2 Å². The van der Waals surface area contributed by atoms with Gasteiger partial charge in [-0.05, 0) is 40.3 Å². The minimum absolute atomic E-state index is 0.345. The van der Waals surface area contributed by atoms with Crippen LogP contribution in [-0.2, 0) is 4.74 Å². The Balaban J connectivity index is 2.41. The van der Waals surface area contributed by atoms with Crippen molar-refractivity contribution in [3.63, 3.8) is 0 Å². The Morgan fingerprint density at radius 3 is 2.61 bits per heavy atom. The average molecular weight is 256 g/mol. The van der Waals surface area contributed by atoms with Crippen LogP contribution in [0, 0.1) is 0 Å². The van der Waals surface area contributed by atoms with E-state index in [4.69, 9.17) is 4.74 Å². The van der Waals surface area contributed by atoms with Gasteiger partial charge in [0, 0.05) is 18.6 Å². The summed E-state index contributed by atoms with van der Waals surface area (Å²) in [7, 11) is 2.25. The molecular weight excluding hydrogens is 224 g/mol. The van der Waals surface area contributed by atoms with Crippen molar-refractivity contribution in [2.24, 2.45) is 0 Å². The number of hydrogen-bond donors (Lipinski definition) is 1. The second kappa shape index (κ2) is 8.89. The Labute approximate surface area is 113 Å². The molecule has 1 aliphatic carbocycles. The molecule has 1 aliphatic rings. The lowest BCUT2D eigenvalue weighted by molar-refractivity contribution is 0.0504. The van der Waals surface area contributed by atoms with E-state index in [0.717, 1.165) is 19.7 Å². The van der Waals surface area contributed by atoms with Crippen LogP contribution in [0.25, 0.3) is 0 Å². The molecule has 0 heterocycles. The van der Waals surface area contributed by atoms with Crippen molar-refractivity contribution in [1.82, 2.24) is 10.2 Å². The molecule has 1 N–H and O–H groups in total. The highest BCUT2D eigenvalue weighted by Gasteiger charge is 2.25. The summed E-state index contributed by atoms with van der Waals surface area (Å²) in [6.07, 6.45) is 7.15. The third-order valence-electron chi connectivity index (χ3n) is 3.91. The van der Waals surface area contributed by atoms with Crippen LogP contribution in [0.5, 0.6) is 0 Å². The molecule has 2 unspecified atom stereocenters. The first kappa shape index (κ1) is 15.9. The van der Waals surface area contributed by atoms with E-state index in [1.807, 2.05) is 0 Å². The molecule has 3 nitrogen and oxygen atoms in total. The molecule has 0 radical (unpaired) electrons. The van der Waals surface area contributed by atoms with Crippen molar-refractivity contribution in [2.75, 3.05) is 26.7 Å². The van der Waals surface area contributed by atoms with E-state index in [9.17, 15) is 0 Å². The molecule has 3 heteroatoms. The molecule has 0 aromatic rings. The van der Waals surface area contributed by atoms with Crippen molar-refractivity contribution in [3.05, 3.63) is 0 Å². The van der Waals surface area contributed by atoms with Gasteiger partial charge in [0.15, 0.2) is 0 Å². The minimum Gasteiger partial charge on any atom is -0.377 e. The van der Waals surface area contributed by atoms with Gasteiger partial charge in [-0.3, -0.25) is 4.90 Å². The summed E-state index contributed by atoms with van der Waals surface area (Å²) in [5.41, 5.74) is 0. The molecule has 0 saturated heterocycles. The highest BCUT2D eigenvalue weighted by Crippen LogP contribution is 2.21. The maximum atomic E-state index is 5.67. The summed E-state index contributed by atoms with van der Waals surface area (Å²) in [6, 6.07) is 1.35. The van der Waals surface area contributed by atoms with Crippen LogP contribution in [0.2, 0.25) is 0 Å². The molecule has 108 valence electrons. The van der Waals surface area contributed by atoms with Gasteiger partial charge in [0.25, 0.3) is 0 Å². The van der Waals surface area contributed by atoms with Gasteiger partial charge in [-0.15, -0.1) is 0 Å². The van der Waals surface area contributed by atoms with E-state index in [1.54, 1.807) is 0 Å². The first-order valence-electron chi connectivity index (χ1n) is 7.70. The van der Waals surface area contributed by atoms with Crippen LogP contribution in [0.4, 0.5) is 0 Å². The van der Waals surface area contributed by atoms with Gasteiger partial charge in [0.05, 0.1) is 12.7 Å².